The van der Waals surface area contributed by atoms with Crippen LogP contribution >= 0.6 is 0 Å². The number of hydrogen-bond donors (Lipinski definition) is 0. The molecule has 0 bridgehead atoms. The third-order valence-electron chi connectivity index (χ3n) is 5.04. The lowest BCUT2D eigenvalue weighted by atomic mass is 9.85. The molecule has 1 aliphatic rings. The molecule has 1 aromatic heterocycles. The van der Waals surface area contributed by atoms with Crippen molar-refractivity contribution in [1.82, 2.24) is 4.98 Å². The maximum Gasteiger partial charge on any atom is 0.433 e. The third kappa shape index (κ3) is 3.02. The van der Waals surface area contributed by atoms with E-state index in [-0.39, 0.29) is 12.2 Å². The van der Waals surface area contributed by atoms with Crippen LogP contribution < -0.4 is 0 Å². The number of aryl methyl sites for hydroxylation is 1. The summed E-state index contributed by atoms with van der Waals surface area (Å²) in [6.07, 6.45) is -4.57. The van der Waals surface area contributed by atoms with E-state index >= 15 is 0 Å². The third-order valence-corrected chi connectivity index (χ3v) is 5.04. The topological polar surface area (TPSA) is 22.1 Å². The van der Waals surface area contributed by atoms with E-state index in [0.717, 1.165) is 5.56 Å². The van der Waals surface area contributed by atoms with Gasteiger partial charge in [-0.3, -0.25) is 0 Å². The Bertz CT molecular complexity index is 981. The fourth-order valence-electron chi connectivity index (χ4n) is 3.60. The number of fused-ring (bicyclic) bond motifs is 1. The van der Waals surface area contributed by atoms with Crippen LogP contribution in [0.1, 0.15) is 34.9 Å². The molecule has 1 unspecified atom stereocenters. The summed E-state index contributed by atoms with van der Waals surface area (Å²) in [4.78, 5) is 4.03. The molecule has 2 nitrogen and oxygen atoms in total. The van der Waals surface area contributed by atoms with E-state index in [9.17, 15) is 13.2 Å². The predicted octanol–water partition coefficient (Wildman–Crippen LogP) is 5.87. The molecule has 3 aromatic rings. The molecule has 0 spiro atoms. The maximum atomic E-state index is 13.9. The predicted molar refractivity (Wildman–Crippen MR) is 97.1 cm³/mol. The molecule has 1 atom stereocenters. The van der Waals surface area contributed by atoms with Gasteiger partial charge in [0.15, 0.2) is 5.69 Å². The molecule has 0 radical (unpaired) electrons. The normalized spacial score (nSPS) is 19.1. The highest BCUT2D eigenvalue weighted by Gasteiger charge is 2.47. The summed E-state index contributed by atoms with van der Waals surface area (Å²) in [7, 11) is 0. The van der Waals surface area contributed by atoms with Gasteiger partial charge in [-0.1, -0.05) is 60.2 Å². The highest BCUT2D eigenvalue weighted by atomic mass is 19.4. The zero-order valence-electron chi connectivity index (χ0n) is 15.0. The Morgan fingerprint density at radius 2 is 1.67 bits per heavy atom. The van der Waals surface area contributed by atoms with Crippen molar-refractivity contribution in [2.45, 2.75) is 32.2 Å². The van der Waals surface area contributed by atoms with Crippen LogP contribution in [-0.2, 0) is 23.1 Å². The van der Waals surface area contributed by atoms with Crippen molar-refractivity contribution in [3.8, 4) is 11.3 Å². The van der Waals surface area contributed by atoms with E-state index < -0.39 is 17.5 Å². The monoisotopic (exact) mass is 369 g/mol. The standard InChI is InChI=1S/C22H18F3NO/c1-14-8-10-15(11-9-14)18-12-16-13-27-21(2,17-6-4-3-5-7-17)19(16)20(26-18)22(23,24)25/h3-12H,13H2,1-2H3. The van der Waals surface area contributed by atoms with Crippen molar-refractivity contribution in [3.63, 3.8) is 0 Å². The van der Waals surface area contributed by atoms with Crippen LogP contribution in [0.2, 0.25) is 0 Å². The Morgan fingerprint density at radius 3 is 2.30 bits per heavy atom. The first-order chi connectivity index (χ1) is 12.8. The summed E-state index contributed by atoms with van der Waals surface area (Å²) >= 11 is 0. The first-order valence-electron chi connectivity index (χ1n) is 8.67. The van der Waals surface area contributed by atoms with E-state index in [1.165, 1.54) is 0 Å². The number of ether oxygens (including phenoxy) is 1. The highest BCUT2D eigenvalue weighted by Crippen LogP contribution is 2.47. The molecule has 0 saturated carbocycles. The number of aromatic nitrogens is 1. The lowest BCUT2D eigenvalue weighted by Gasteiger charge is -2.27. The number of halogens is 3. The molecular formula is C22H18F3NO. The first kappa shape index (κ1) is 17.7. The number of alkyl halides is 3. The van der Waals surface area contributed by atoms with E-state index in [1.54, 1.807) is 49.4 Å². The van der Waals surface area contributed by atoms with E-state index in [1.807, 2.05) is 25.1 Å². The van der Waals surface area contributed by atoms with Crippen molar-refractivity contribution in [3.05, 3.63) is 88.6 Å². The quantitative estimate of drug-likeness (QED) is 0.564. The maximum absolute atomic E-state index is 13.9. The van der Waals surface area contributed by atoms with E-state index in [0.29, 0.717) is 22.4 Å². The van der Waals surface area contributed by atoms with Gasteiger partial charge < -0.3 is 4.74 Å². The molecule has 0 saturated heterocycles. The van der Waals surface area contributed by atoms with Crippen LogP contribution in [0.5, 0.6) is 0 Å². The van der Waals surface area contributed by atoms with Gasteiger partial charge in [-0.25, -0.2) is 4.98 Å². The Kier molecular flexibility index (Phi) is 4.07. The molecule has 138 valence electrons. The molecule has 0 amide bonds. The minimum Gasteiger partial charge on any atom is -0.361 e. The van der Waals surface area contributed by atoms with Gasteiger partial charge in [-0.05, 0) is 31.0 Å². The van der Waals surface area contributed by atoms with Crippen molar-refractivity contribution >= 4 is 0 Å². The number of hydrogen-bond acceptors (Lipinski definition) is 2. The van der Waals surface area contributed by atoms with Gasteiger partial charge in [-0.2, -0.15) is 13.2 Å². The lowest BCUT2D eigenvalue weighted by Crippen LogP contribution is -2.27. The molecule has 27 heavy (non-hydrogen) atoms. The molecule has 2 aromatic carbocycles. The van der Waals surface area contributed by atoms with Gasteiger partial charge in [-0.15, -0.1) is 0 Å². The highest BCUT2D eigenvalue weighted by molar-refractivity contribution is 5.63. The number of rotatable bonds is 2. The molecule has 0 N–H and O–H groups in total. The fraction of sp³-hybridized carbons (Fsp3) is 0.227. The molecule has 0 fully saturated rings. The number of pyridine rings is 1. The number of benzene rings is 2. The Hall–Kier alpha value is -2.66. The molecule has 1 aliphatic heterocycles. The second kappa shape index (κ2) is 6.20. The summed E-state index contributed by atoms with van der Waals surface area (Å²) in [6.45, 7) is 3.72. The number of nitrogens with zero attached hydrogens (tertiary/aromatic N) is 1. The minimum absolute atomic E-state index is 0.108. The summed E-state index contributed by atoms with van der Waals surface area (Å²) in [5, 5.41) is 0. The summed E-state index contributed by atoms with van der Waals surface area (Å²) in [5.41, 5.74) is 1.26. The Labute approximate surface area is 155 Å². The molecule has 2 heterocycles. The van der Waals surface area contributed by atoms with Gasteiger partial charge in [0.25, 0.3) is 0 Å². The summed E-state index contributed by atoms with van der Waals surface area (Å²) < 4.78 is 47.7. The van der Waals surface area contributed by atoms with Crippen LogP contribution in [-0.4, -0.2) is 4.98 Å². The van der Waals surface area contributed by atoms with E-state index in [4.69, 9.17) is 4.74 Å². The van der Waals surface area contributed by atoms with Gasteiger partial charge in [0.2, 0.25) is 0 Å². The molecule has 0 aliphatic carbocycles. The van der Waals surface area contributed by atoms with Crippen LogP contribution in [0, 0.1) is 6.92 Å². The van der Waals surface area contributed by atoms with Gasteiger partial charge >= 0.3 is 6.18 Å². The zero-order chi connectivity index (χ0) is 19.2. The first-order valence-corrected chi connectivity index (χ1v) is 8.67. The van der Waals surface area contributed by atoms with E-state index in [2.05, 4.69) is 4.98 Å². The average molecular weight is 369 g/mol. The summed E-state index contributed by atoms with van der Waals surface area (Å²) in [6, 6.07) is 18.0. The van der Waals surface area contributed by atoms with Crippen molar-refractivity contribution in [2.75, 3.05) is 0 Å². The summed E-state index contributed by atoms with van der Waals surface area (Å²) in [5.74, 6) is 0. The smallest absolute Gasteiger partial charge is 0.361 e. The minimum atomic E-state index is -4.57. The van der Waals surface area contributed by atoms with Crippen LogP contribution in [0.3, 0.4) is 0 Å². The second-order valence-electron chi connectivity index (χ2n) is 6.94. The fourth-order valence-corrected chi connectivity index (χ4v) is 3.60. The van der Waals surface area contributed by atoms with Crippen molar-refractivity contribution in [1.29, 1.82) is 0 Å². The molecule has 4 rings (SSSR count). The van der Waals surface area contributed by atoms with Gasteiger partial charge in [0.05, 0.1) is 12.3 Å². The van der Waals surface area contributed by atoms with Crippen molar-refractivity contribution < 1.29 is 17.9 Å². The second-order valence-corrected chi connectivity index (χ2v) is 6.94. The van der Waals surface area contributed by atoms with Gasteiger partial charge in [0.1, 0.15) is 5.60 Å². The SMILES string of the molecule is Cc1ccc(-c2cc3c(c(C(F)(F)F)n2)C(C)(c2ccccc2)OC3)cc1. The molecule has 5 heteroatoms. The van der Waals surface area contributed by atoms with Crippen LogP contribution in [0.15, 0.2) is 60.7 Å². The van der Waals surface area contributed by atoms with Crippen molar-refractivity contribution in [2.24, 2.45) is 0 Å². The Balaban J connectivity index is 1.94. The zero-order valence-corrected chi connectivity index (χ0v) is 15.0. The molecular weight excluding hydrogens is 351 g/mol. The van der Waals surface area contributed by atoms with Crippen LogP contribution in [0.25, 0.3) is 11.3 Å². The van der Waals surface area contributed by atoms with Gasteiger partial charge in [0, 0.05) is 11.1 Å². The largest absolute Gasteiger partial charge is 0.433 e. The Morgan fingerprint density at radius 1 is 1.00 bits per heavy atom. The van der Waals surface area contributed by atoms with Crippen LogP contribution in [0.4, 0.5) is 13.2 Å². The lowest BCUT2D eigenvalue weighted by molar-refractivity contribution is -0.143. The average Bonchev–Trinajstić information content (AvgIpc) is 3.00.